The van der Waals surface area contributed by atoms with E-state index >= 15 is 0 Å². The second-order valence-electron chi connectivity index (χ2n) is 13.0. The fourth-order valence-corrected chi connectivity index (χ4v) is 6.74. The zero-order chi connectivity index (χ0) is 36.5. The Morgan fingerprint density at radius 2 is 1.19 bits per heavy atom. The molecule has 0 amide bonds. The Labute approximate surface area is 315 Å². The van der Waals surface area contributed by atoms with Gasteiger partial charge in [-0.05, 0) is 40.0 Å². The normalized spacial score (nSPS) is 21.8. The van der Waals surface area contributed by atoms with Crippen molar-refractivity contribution in [3.63, 3.8) is 0 Å². The highest BCUT2D eigenvalue weighted by atomic mass is 35.5. The van der Waals surface area contributed by atoms with Crippen LogP contribution in [0.2, 0.25) is 5.02 Å². The van der Waals surface area contributed by atoms with Gasteiger partial charge in [-0.25, -0.2) is 0 Å². The van der Waals surface area contributed by atoms with Crippen molar-refractivity contribution in [2.75, 3.05) is 19.8 Å². The van der Waals surface area contributed by atoms with Gasteiger partial charge < -0.3 is 38.3 Å². The first-order valence-corrected chi connectivity index (χ1v) is 18.1. The Balaban J connectivity index is 1.30. The van der Waals surface area contributed by atoms with Crippen LogP contribution < -0.4 is 4.74 Å². The molecule has 1 unspecified atom stereocenters. The van der Waals surface area contributed by atoms with E-state index in [1.165, 1.54) is 0 Å². The third-order valence-corrected chi connectivity index (χ3v) is 9.61. The maximum Gasteiger partial charge on any atom is 0.226 e. The fraction of sp³-hybridized carbons (Fsp3) is 0.273. The predicted molar refractivity (Wildman–Crippen MR) is 201 cm³/mol. The van der Waals surface area contributed by atoms with Gasteiger partial charge in [-0.15, -0.1) is 0 Å². The molecule has 2 fully saturated rings. The summed E-state index contributed by atoms with van der Waals surface area (Å²) in [5, 5.41) is 13.6. The van der Waals surface area contributed by atoms with E-state index in [4.69, 9.17) is 44.8 Å². The van der Waals surface area contributed by atoms with Gasteiger partial charge in [-0.2, -0.15) is 0 Å². The zero-order valence-corrected chi connectivity index (χ0v) is 30.1. The summed E-state index contributed by atoms with van der Waals surface area (Å²) in [6, 6.07) is 42.6. The molecule has 2 aliphatic rings. The molecule has 5 aromatic carbocycles. The number of ether oxygens (including phenoxy) is 7. The standard InChI is InChI=1S/C44H43ClO8/c1-31-40(30-47-26-32-14-6-2-7-15-32)53-44(46,42(52-29-35-20-12-5-13-21-35)41(31)51-28-34-18-10-4-11-19-34)37-24-36(43-48-22-23-49-43)38(45)25-39(37)50-27-33-16-8-3-9-17-33/h2-21,24-25,40-43,46H,1,22-23,26-30H2/t40-,41+,42-,44?/m1/s1. The van der Waals surface area contributed by atoms with Crippen molar-refractivity contribution in [2.24, 2.45) is 0 Å². The second-order valence-corrected chi connectivity index (χ2v) is 13.4. The number of benzene rings is 5. The molecule has 4 atom stereocenters. The summed E-state index contributed by atoms with van der Waals surface area (Å²) in [6.45, 7) is 6.28. The van der Waals surface area contributed by atoms with Crippen molar-refractivity contribution in [3.05, 3.63) is 184 Å². The molecule has 0 aromatic heterocycles. The van der Waals surface area contributed by atoms with E-state index in [1.807, 2.05) is 121 Å². The molecule has 9 heteroatoms. The topological polar surface area (TPSA) is 84.8 Å². The Morgan fingerprint density at radius 1 is 0.679 bits per heavy atom. The number of hydrogen-bond acceptors (Lipinski definition) is 8. The van der Waals surface area contributed by atoms with Crippen LogP contribution >= 0.6 is 11.6 Å². The molecular formula is C44H43ClO8. The predicted octanol–water partition coefficient (Wildman–Crippen LogP) is 8.45. The number of rotatable bonds is 15. The lowest BCUT2D eigenvalue weighted by Gasteiger charge is -2.48. The van der Waals surface area contributed by atoms with E-state index < -0.39 is 30.4 Å². The Morgan fingerprint density at radius 3 is 1.75 bits per heavy atom. The van der Waals surface area contributed by atoms with Crippen LogP contribution in [-0.2, 0) is 60.6 Å². The van der Waals surface area contributed by atoms with Crippen LogP contribution in [0.4, 0.5) is 0 Å². The lowest BCUT2D eigenvalue weighted by atomic mass is 9.85. The van der Waals surface area contributed by atoms with E-state index in [2.05, 4.69) is 6.58 Å². The first-order valence-electron chi connectivity index (χ1n) is 17.7. The maximum absolute atomic E-state index is 13.3. The number of halogens is 1. The highest BCUT2D eigenvalue weighted by Gasteiger charge is 2.55. The van der Waals surface area contributed by atoms with Crippen LogP contribution in [0.1, 0.15) is 39.7 Å². The number of aliphatic hydroxyl groups is 1. The van der Waals surface area contributed by atoms with Crippen LogP contribution in [0, 0.1) is 0 Å². The monoisotopic (exact) mass is 734 g/mol. The molecule has 53 heavy (non-hydrogen) atoms. The van der Waals surface area contributed by atoms with E-state index in [-0.39, 0.29) is 32.0 Å². The van der Waals surface area contributed by atoms with Crippen LogP contribution in [0.5, 0.6) is 5.75 Å². The smallest absolute Gasteiger partial charge is 0.226 e. The highest BCUT2D eigenvalue weighted by molar-refractivity contribution is 6.31. The average Bonchev–Trinajstić information content (AvgIpc) is 3.74. The van der Waals surface area contributed by atoms with Crippen molar-refractivity contribution in [1.29, 1.82) is 0 Å². The molecule has 2 saturated heterocycles. The van der Waals surface area contributed by atoms with Crippen molar-refractivity contribution in [3.8, 4) is 5.75 Å². The van der Waals surface area contributed by atoms with Gasteiger partial charge >= 0.3 is 0 Å². The molecule has 274 valence electrons. The largest absolute Gasteiger partial charge is 0.488 e. The molecule has 0 bridgehead atoms. The molecule has 0 saturated carbocycles. The van der Waals surface area contributed by atoms with Gasteiger partial charge in [0.2, 0.25) is 5.79 Å². The van der Waals surface area contributed by atoms with Crippen LogP contribution in [0.15, 0.2) is 146 Å². The Bertz CT molecular complexity index is 1900. The first kappa shape index (κ1) is 37.0. The lowest BCUT2D eigenvalue weighted by molar-refractivity contribution is -0.335. The summed E-state index contributed by atoms with van der Waals surface area (Å²) in [6.07, 6.45) is -3.52. The second kappa shape index (κ2) is 17.6. The van der Waals surface area contributed by atoms with Gasteiger partial charge in [0.1, 0.15) is 30.7 Å². The van der Waals surface area contributed by atoms with Crippen molar-refractivity contribution in [1.82, 2.24) is 0 Å². The fourth-order valence-electron chi connectivity index (χ4n) is 6.50. The van der Waals surface area contributed by atoms with E-state index in [1.54, 1.807) is 12.1 Å². The third kappa shape index (κ3) is 9.07. The third-order valence-electron chi connectivity index (χ3n) is 9.28. The summed E-state index contributed by atoms with van der Waals surface area (Å²) in [5.41, 5.74) is 5.15. The van der Waals surface area contributed by atoms with E-state index in [0.717, 1.165) is 22.3 Å². The molecule has 8 nitrogen and oxygen atoms in total. The van der Waals surface area contributed by atoms with Crippen molar-refractivity contribution < 1.29 is 38.3 Å². The average molecular weight is 735 g/mol. The maximum atomic E-state index is 13.3. The molecule has 2 aliphatic heterocycles. The minimum atomic E-state index is -2.16. The molecule has 5 aromatic rings. The molecule has 1 N–H and O–H groups in total. The summed E-state index contributed by atoms with van der Waals surface area (Å²) < 4.78 is 44.6. The van der Waals surface area contributed by atoms with Crippen molar-refractivity contribution >= 4 is 11.6 Å². The summed E-state index contributed by atoms with van der Waals surface area (Å²) >= 11 is 6.90. The quantitative estimate of drug-likeness (QED) is 0.107. The molecule has 0 radical (unpaired) electrons. The van der Waals surface area contributed by atoms with E-state index in [9.17, 15) is 5.11 Å². The highest BCUT2D eigenvalue weighted by Crippen LogP contribution is 2.47. The Kier molecular flexibility index (Phi) is 12.3. The summed E-state index contributed by atoms with van der Waals surface area (Å²) in [5.74, 6) is -1.86. The van der Waals surface area contributed by atoms with Gasteiger partial charge in [0, 0.05) is 5.56 Å². The first-order chi connectivity index (χ1) is 26.0. The Hall–Kier alpha value is -4.35. The summed E-state index contributed by atoms with van der Waals surface area (Å²) in [7, 11) is 0. The van der Waals surface area contributed by atoms with Gasteiger partial charge in [-0.1, -0.05) is 140 Å². The van der Waals surface area contributed by atoms with Crippen LogP contribution in [-0.4, -0.2) is 43.2 Å². The molecular weight excluding hydrogens is 692 g/mol. The number of hydrogen-bond donors (Lipinski definition) is 1. The SMILES string of the molecule is C=C1[C@@H](COCc2ccccc2)OC(O)(c2cc(C3OCCO3)c(Cl)cc2OCc2ccccc2)[C@H](OCc2ccccc2)[C@H]1OCc1ccccc1. The van der Waals surface area contributed by atoms with Gasteiger partial charge in [0.15, 0.2) is 6.29 Å². The van der Waals surface area contributed by atoms with Crippen LogP contribution in [0.3, 0.4) is 0 Å². The molecule has 7 rings (SSSR count). The molecule has 0 spiro atoms. The van der Waals surface area contributed by atoms with Gasteiger partial charge in [0.05, 0.1) is 50.2 Å². The molecule has 2 heterocycles. The zero-order valence-electron chi connectivity index (χ0n) is 29.4. The summed E-state index contributed by atoms with van der Waals surface area (Å²) in [4.78, 5) is 0. The van der Waals surface area contributed by atoms with Crippen molar-refractivity contribution in [2.45, 2.75) is 56.8 Å². The van der Waals surface area contributed by atoms with Gasteiger partial charge in [0.25, 0.3) is 0 Å². The van der Waals surface area contributed by atoms with Crippen LogP contribution in [0.25, 0.3) is 0 Å². The molecule has 0 aliphatic carbocycles. The van der Waals surface area contributed by atoms with E-state index in [0.29, 0.717) is 41.7 Å². The minimum Gasteiger partial charge on any atom is -0.488 e. The lowest BCUT2D eigenvalue weighted by Crippen LogP contribution is -2.59. The van der Waals surface area contributed by atoms with Gasteiger partial charge in [-0.3, -0.25) is 0 Å². The minimum absolute atomic E-state index is 0.0855.